The van der Waals surface area contributed by atoms with E-state index < -0.39 is 0 Å². The van der Waals surface area contributed by atoms with Gasteiger partial charge in [0.2, 0.25) is 0 Å². The van der Waals surface area contributed by atoms with E-state index in [2.05, 4.69) is 20.5 Å². The predicted molar refractivity (Wildman–Crippen MR) is 91.4 cm³/mol. The van der Waals surface area contributed by atoms with Crippen molar-refractivity contribution < 1.29 is 4.79 Å². The lowest BCUT2D eigenvalue weighted by Gasteiger charge is -2.01. The average Bonchev–Trinajstić information content (AvgIpc) is 2.90. The second-order valence-electron chi connectivity index (χ2n) is 4.81. The molecule has 0 bridgehead atoms. The summed E-state index contributed by atoms with van der Waals surface area (Å²) in [5.41, 5.74) is 5.30. The van der Waals surface area contributed by atoms with Gasteiger partial charge in [0.15, 0.2) is 5.16 Å². The van der Waals surface area contributed by atoms with Crippen LogP contribution in [0.2, 0.25) is 0 Å². The van der Waals surface area contributed by atoms with E-state index in [1.807, 2.05) is 48.0 Å². The van der Waals surface area contributed by atoms with Gasteiger partial charge in [-0.1, -0.05) is 30.0 Å². The van der Waals surface area contributed by atoms with E-state index in [-0.39, 0.29) is 11.7 Å². The summed E-state index contributed by atoms with van der Waals surface area (Å²) in [7, 11) is 1.94. The number of rotatable bonds is 5. The zero-order valence-electron chi connectivity index (χ0n) is 12.5. The number of nitrogens with one attached hydrogen (secondary N) is 1. The molecule has 1 aromatic carbocycles. The minimum Gasteiger partial charge on any atom is -0.322 e. The molecule has 3 aromatic rings. The molecule has 2 heterocycles. The number of nitrogens with zero attached hydrogens (tertiary/aromatic N) is 4. The molecule has 0 spiro atoms. The van der Waals surface area contributed by atoms with E-state index in [1.165, 1.54) is 11.8 Å². The average molecular weight is 325 g/mol. The van der Waals surface area contributed by atoms with Crippen LogP contribution in [0.15, 0.2) is 59.0 Å². The van der Waals surface area contributed by atoms with Crippen LogP contribution in [0.25, 0.3) is 11.0 Å². The number of para-hydroxylation sites is 2. The van der Waals surface area contributed by atoms with Gasteiger partial charge in [0.25, 0.3) is 5.91 Å². The molecule has 1 N–H and O–H groups in total. The molecule has 116 valence electrons. The normalized spacial score (nSPS) is 11.2. The Morgan fingerprint density at radius 2 is 2.22 bits per heavy atom. The standard InChI is InChI=1S/C16H15N5OS/c1-21-14-7-3-2-6-13(14)19-16(21)23-11-15(22)20-18-10-12-5-4-8-17-9-12/h2-10H,11H2,1H3,(H,20,22). The van der Waals surface area contributed by atoms with Crippen LogP contribution in [0.4, 0.5) is 0 Å². The molecule has 0 aliphatic rings. The molecule has 0 atom stereocenters. The summed E-state index contributed by atoms with van der Waals surface area (Å²) in [5.74, 6) is 0.0730. The summed E-state index contributed by atoms with van der Waals surface area (Å²) in [6, 6.07) is 11.5. The molecule has 2 aromatic heterocycles. The number of carbonyl (C=O) groups excluding carboxylic acids is 1. The number of fused-ring (bicyclic) bond motifs is 1. The van der Waals surface area contributed by atoms with Gasteiger partial charge in [-0.25, -0.2) is 10.4 Å². The van der Waals surface area contributed by atoms with Crippen molar-refractivity contribution in [3.63, 3.8) is 0 Å². The first kappa shape index (κ1) is 15.2. The van der Waals surface area contributed by atoms with Gasteiger partial charge in [-0.05, 0) is 18.2 Å². The lowest BCUT2D eigenvalue weighted by molar-refractivity contribution is -0.118. The monoisotopic (exact) mass is 325 g/mol. The first-order chi connectivity index (χ1) is 11.2. The number of hydrazone groups is 1. The van der Waals surface area contributed by atoms with Gasteiger partial charge in [-0.15, -0.1) is 0 Å². The summed E-state index contributed by atoms with van der Waals surface area (Å²) >= 11 is 1.38. The number of pyridine rings is 1. The summed E-state index contributed by atoms with van der Waals surface area (Å²) < 4.78 is 1.98. The van der Waals surface area contributed by atoms with Crippen molar-refractivity contribution >= 4 is 34.9 Å². The fourth-order valence-corrected chi connectivity index (χ4v) is 2.83. The Labute approximate surface area is 137 Å². The largest absolute Gasteiger partial charge is 0.322 e. The highest BCUT2D eigenvalue weighted by Crippen LogP contribution is 2.22. The molecule has 0 saturated carbocycles. The summed E-state index contributed by atoms with van der Waals surface area (Å²) in [4.78, 5) is 20.3. The maximum absolute atomic E-state index is 11.8. The third kappa shape index (κ3) is 3.75. The predicted octanol–water partition coefficient (Wildman–Crippen LogP) is 2.21. The maximum Gasteiger partial charge on any atom is 0.250 e. The van der Waals surface area contributed by atoms with Gasteiger partial charge in [0, 0.05) is 25.0 Å². The van der Waals surface area contributed by atoms with Crippen molar-refractivity contribution in [2.24, 2.45) is 12.1 Å². The van der Waals surface area contributed by atoms with Crippen molar-refractivity contribution in [3.8, 4) is 0 Å². The van der Waals surface area contributed by atoms with Gasteiger partial charge in [-0.3, -0.25) is 9.78 Å². The Bertz CT molecular complexity index is 844. The van der Waals surface area contributed by atoms with Gasteiger partial charge >= 0.3 is 0 Å². The quantitative estimate of drug-likeness (QED) is 0.443. The van der Waals surface area contributed by atoms with E-state index in [0.717, 1.165) is 21.8 Å². The van der Waals surface area contributed by atoms with E-state index in [4.69, 9.17) is 0 Å². The highest BCUT2D eigenvalue weighted by atomic mass is 32.2. The molecular weight excluding hydrogens is 310 g/mol. The van der Waals surface area contributed by atoms with Crippen LogP contribution in [-0.4, -0.2) is 32.4 Å². The number of carbonyl (C=O) groups is 1. The Morgan fingerprint density at radius 3 is 3.00 bits per heavy atom. The van der Waals surface area contributed by atoms with E-state index in [9.17, 15) is 4.79 Å². The minimum atomic E-state index is -0.179. The number of aromatic nitrogens is 3. The van der Waals surface area contributed by atoms with Crippen LogP contribution in [0.3, 0.4) is 0 Å². The van der Waals surface area contributed by atoms with Gasteiger partial charge in [0.1, 0.15) is 0 Å². The molecule has 3 rings (SSSR count). The topological polar surface area (TPSA) is 72.2 Å². The highest BCUT2D eigenvalue weighted by Gasteiger charge is 2.09. The summed E-state index contributed by atoms with van der Waals surface area (Å²) in [6.07, 6.45) is 4.91. The number of amides is 1. The van der Waals surface area contributed by atoms with Crippen LogP contribution in [-0.2, 0) is 11.8 Å². The number of imidazole rings is 1. The molecule has 23 heavy (non-hydrogen) atoms. The Kier molecular flexibility index (Phi) is 4.68. The lowest BCUT2D eigenvalue weighted by atomic mass is 10.3. The second-order valence-corrected chi connectivity index (χ2v) is 5.75. The molecule has 0 aliphatic carbocycles. The first-order valence-corrected chi connectivity index (χ1v) is 7.99. The fraction of sp³-hybridized carbons (Fsp3) is 0.125. The van der Waals surface area contributed by atoms with Crippen LogP contribution >= 0.6 is 11.8 Å². The fourth-order valence-electron chi connectivity index (χ4n) is 2.05. The number of aryl methyl sites for hydroxylation is 1. The third-order valence-electron chi connectivity index (χ3n) is 3.17. The zero-order valence-corrected chi connectivity index (χ0v) is 13.3. The van der Waals surface area contributed by atoms with Crippen molar-refractivity contribution in [2.75, 3.05) is 5.75 Å². The first-order valence-electron chi connectivity index (χ1n) is 7.00. The lowest BCUT2D eigenvalue weighted by Crippen LogP contribution is -2.19. The molecule has 0 fully saturated rings. The number of hydrogen-bond acceptors (Lipinski definition) is 5. The molecule has 1 amide bonds. The van der Waals surface area contributed by atoms with Gasteiger partial charge in [0.05, 0.1) is 23.0 Å². The van der Waals surface area contributed by atoms with Crippen LogP contribution in [0.5, 0.6) is 0 Å². The van der Waals surface area contributed by atoms with Crippen molar-refractivity contribution in [3.05, 3.63) is 54.4 Å². The smallest absolute Gasteiger partial charge is 0.250 e. The van der Waals surface area contributed by atoms with E-state index in [0.29, 0.717) is 0 Å². The molecule has 6 nitrogen and oxygen atoms in total. The van der Waals surface area contributed by atoms with Crippen LogP contribution in [0.1, 0.15) is 5.56 Å². The van der Waals surface area contributed by atoms with E-state index >= 15 is 0 Å². The molecular formula is C16H15N5OS. The zero-order chi connectivity index (χ0) is 16.1. The van der Waals surface area contributed by atoms with Crippen molar-refractivity contribution in [2.45, 2.75) is 5.16 Å². The molecule has 0 saturated heterocycles. The van der Waals surface area contributed by atoms with Crippen molar-refractivity contribution in [1.29, 1.82) is 0 Å². The second kappa shape index (κ2) is 7.06. The molecule has 0 unspecified atom stereocenters. The molecule has 7 heteroatoms. The third-order valence-corrected chi connectivity index (χ3v) is 4.20. The van der Waals surface area contributed by atoms with Gasteiger partial charge in [-0.2, -0.15) is 5.10 Å². The summed E-state index contributed by atoms with van der Waals surface area (Å²) in [5, 5.41) is 4.72. The summed E-state index contributed by atoms with van der Waals surface area (Å²) in [6.45, 7) is 0. The Morgan fingerprint density at radius 1 is 1.35 bits per heavy atom. The highest BCUT2D eigenvalue weighted by molar-refractivity contribution is 7.99. The molecule has 0 radical (unpaired) electrons. The number of hydrogen-bond donors (Lipinski definition) is 1. The van der Waals surface area contributed by atoms with Crippen molar-refractivity contribution in [1.82, 2.24) is 20.0 Å². The molecule has 0 aliphatic heterocycles. The van der Waals surface area contributed by atoms with Gasteiger partial charge < -0.3 is 4.57 Å². The maximum atomic E-state index is 11.8. The Hall–Kier alpha value is -2.67. The SMILES string of the molecule is Cn1c(SCC(=O)NN=Cc2cccnc2)nc2ccccc21. The minimum absolute atomic E-state index is 0.179. The van der Waals surface area contributed by atoms with E-state index in [1.54, 1.807) is 18.6 Å². The van der Waals surface area contributed by atoms with Crippen LogP contribution in [0, 0.1) is 0 Å². The number of thioether (sulfide) groups is 1. The Balaban J connectivity index is 1.56. The number of benzene rings is 1. The van der Waals surface area contributed by atoms with Crippen LogP contribution < -0.4 is 5.43 Å².